The Bertz CT molecular complexity index is 592. The lowest BCUT2D eigenvalue weighted by atomic mass is 10.1. The van der Waals surface area contributed by atoms with E-state index in [-0.39, 0.29) is 28.7 Å². The smallest absolute Gasteiger partial charge is 0.270 e. The summed E-state index contributed by atoms with van der Waals surface area (Å²) in [6.07, 6.45) is 0. The Balaban J connectivity index is 2.48. The molecule has 0 unspecified atom stereocenters. The summed E-state index contributed by atoms with van der Waals surface area (Å²) in [5, 5.41) is 27.1. The first-order valence-corrected chi connectivity index (χ1v) is 5.39. The molecule has 0 radical (unpaired) electrons. The highest BCUT2D eigenvalue weighted by Crippen LogP contribution is 2.30. The molecular formula is C11H12N4O3. The van der Waals surface area contributed by atoms with Gasteiger partial charge in [-0.2, -0.15) is 5.10 Å². The second-order valence-corrected chi connectivity index (χ2v) is 4.16. The summed E-state index contributed by atoms with van der Waals surface area (Å²) in [6.45, 7) is 3.88. The summed E-state index contributed by atoms with van der Waals surface area (Å²) in [7, 11) is 0. The summed E-state index contributed by atoms with van der Waals surface area (Å²) in [4.78, 5) is 14.3. The summed E-state index contributed by atoms with van der Waals surface area (Å²) in [5.41, 5.74) is 0.131. The van der Waals surface area contributed by atoms with Crippen molar-refractivity contribution in [3.05, 3.63) is 34.1 Å². The number of aromatic nitrogens is 3. The maximum atomic E-state index is 10.7. The summed E-state index contributed by atoms with van der Waals surface area (Å²) in [5.74, 6) is 0.984. The van der Waals surface area contributed by atoms with Gasteiger partial charge in [0.1, 0.15) is 11.6 Å². The molecule has 1 heterocycles. The van der Waals surface area contributed by atoms with E-state index in [4.69, 9.17) is 0 Å². The van der Waals surface area contributed by atoms with Crippen molar-refractivity contribution in [1.29, 1.82) is 0 Å². The number of H-pyrrole nitrogens is 1. The fraction of sp³-hybridized carbons (Fsp3) is 0.273. The Morgan fingerprint density at radius 2 is 2.17 bits per heavy atom. The zero-order chi connectivity index (χ0) is 13.3. The van der Waals surface area contributed by atoms with Gasteiger partial charge >= 0.3 is 0 Å². The van der Waals surface area contributed by atoms with Crippen molar-refractivity contribution in [3.63, 3.8) is 0 Å². The van der Waals surface area contributed by atoms with Crippen molar-refractivity contribution in [2.45, 2.75) is 19.8 Å². The van der Waals surface area contributed by atoms with Crippen LogP contribution in [0.4, 0.5) is 5.69 Å². The van der Waals surface area contributed by atoms with Crippen LogP contribution in [0.3, 0.4) is 0 Å². The van der Waals surface area contributed by atoms with Crippen LogP contribution in [0.5, 0.6) is 5.75 Å². The number of nitrogens with one attached hydrogen (secondary N) is 1. The summed E-state index contributed by atoms with van der Waals surface area (Å²) >= 11 is 0. The van der Waals surface area contributed by atoms with Crippen molar-refractivity contribution in [2.24, 2.45) is 0 Å². The number of phenols is 1. The van der Waals surface area contributed by atoms with Crippen LogP contribution in [0.15, 0.2) is 18.2 Å². The molecule has 0 aliphatic heterocycles. The molecule has 0 aliphatic carbocycles. The van der Waals surface area contributed by atoms with E-state index in [0.29, 0.717) is 5.82 Å². The molecule has 0 spiro atoms. The maximum Gasteiger partial charge on any atom is 0.270 e. The first kappa shape index (κ1) is 12.0. The van der Waals surface area contributed by atoms with Gasteiger partial charge in [0.2, 0.25) is 0 Å². The molecule has 2 aromatic rings. The van der Waals surface area contributed by atoms with Crippen LogP contribution < -0.4 is 0 Å². The zero-order valence-electron chi connectivity index (χ0n) is 9.91. The van der Waals surface area contributed by atoms with Gasteiger partial charge in [0.25, 0.3) is 5.69 Å². The SMILES string of the molecule is CC(C)c1nc(-c2cc([N+](=O)[O-])ccc2O)n[nH]1. The molecule has 1 aromatic heterocycles. The van der Waals surface area contributed by atoms with Gasteiger partial charge in [0, 0.05) is 18.1 Å². The van der Waals surface area contributed by atoms with Crippen LogP contribution in [-0.2, 0) is 0 Å². The minimum absolute atomic E-state index is 0.0880. The number of hydrogen-bond acceptors (Lipinski definition) is 5. The van der Waals surface area contributed by atoms with E-state index >= 15 is 0 Å². The van der Waals surface area contributed by atoms with Crippen LogP contribution in [0.1, 0.15) is 25.6 Å². The molecule has 94 valence electrons. The highest BCUT2D eigenvalue weighted by Gasteiger charge is 2.16. The van der Waals surface area contributed by atoms with Crippen molar-refractivity contribution < 1.29 is 10.0 Å². The lowest BCUT2D eigenvalue weighted by molar-refractivity contribution is -0.384. The maximum absolute atomic E-state index is 10.7. The highest BCUT2D eigenvalue weighted by atomic mass is 16.6. The lowest BCUT2D eigenvalue weighted by Gasteiger charge is -2.00. The Hall–Kier alpha value is -2.44. The average molecular weight is 248 g/mol. The topological polar surface area (TPSA) is 105 Å². The number of benzene rings is 1. The lowest BCUT2D eigenvalue weighted by Crippen LogP contribution is -1.91. The largest absolute Gasteiger partial charge is 0.507 e. The third kappa shape index (κ3) is 2.15. The molecule has 0 bridgehead atoms. The Morgan fingerprint density at radius 1 is 1.44 bits per heavy atom. The van der Waals surface area contributed by atoms with E-state index in [1.54, 1.807) is 0 Å². The third-order valence-corrected chi connectivity index (χ3v) is 2.48. The number of rotatable bonds is 3. The van der Waals surface area contributed by atoms with Gasteiger partial charge in [-0.25, -0.2) is 4.98 Å². The third-order valence-electron chi connectivity index (χ3n) is 2.48. The van der Waals surface area contributed by atoms with Gasteiger partial charge in [0.05, 0.1) is 10.5 Å². The Kier molecular flexibility index (Phi) is 2.97. The predicted molar refractivity (Wildman–Crippen MR) is 64.2 cm³/mol. The number of aromatic amines is 1. The molecule has 0 saturated heterocycles. The van der Waals surface area contributed by atoms with Gasteiger partial charge < -0.3 is 5.11 Å². The number of aromatic hydroxyl groups is 1. The quantitative estimate of drug-likeness (QED) is 0.640. The molecule has 0 amide bonds. The Morgan fingerprint density at radius 3 is 2.72 bits per heavy atom. The van der Waals surface area contributed by atoms with Crippen molar-refractivity contribution in [2.75, 3.05) is 0 Å². The number of phenolic OH excluding ortho intramolecular Hbond substituents is 1. The van der Waals surface area contributed by atoms with Crippen LogP contribution in [0.2, 0.25) is 0 Å². The van der Waals surface area contributed by atoms with Crippen LogP contribution in [-0.4, -0.2) is 25.2 Å². The minimum atomic E-state index is -0.529. The van der Waals surface area contributed by atoms with Gasteiger partial charge in [-0.15, -0.1) is 0 Å². The fourth-order valence-electron chi connectivity index (χ4n) is 1.47. The Labute approximate surface area is 103 Å². The standard InChI is InChI=1S/C11H12N4O3/c1-6(2)10-12-11(14-13-10)8-5-7(15(17)18)3-4-9(8)16/h3-6,16H,1-2H3,(H,12,13,14). The molecule has 2 N–H and O–H groups in total. The van der Waals surface area contributed by atoms with E-state index in [0.717, 1.165) is 0 Å². The monoisotopic (exact) mass is 248 g/mol. The number of nitro benzene ring substituents is 1. The van der Waals surface area contributed by atoms with Crippen molar-refractivity contribution >= 4 is 5.69 Å². The number of nitrogens with zero attached hydrogens (tertiary/aromatic N) is 3. The molecular weight excluding hydrogens is 236 g/mol. The van der Waals surface area contributed by atoms with Crippen molar-refractivity contribution in [3.8, 4) is 17.1 Å². The second-order valence-electron chi connectivity index (χ2n) is 4.16. The minimum Gasteiger partial charge on any atom is -0.507 e. The molecule has 2 rings (SSSR count). The number of nitro groups is 1. The van der Waals surface area contributed by atoms with E-state index < -0.39 is 4.92 Å². The first-order chi connectivity index (χ1) is 8.49. The highest BCUT2D eigenvalue weighted by molar-refractivity contribution is 5.66. The van der Waals surface area contributed by atoms with E-state index in [1.807, 2.05) is 13.8 Å². The average Bonchev–Trinajstić information content (AvgIpc) is 2.78. The van der Waals surface area contributed by atoms with Crippen LogP contribution in [0.25, 0.3) is 11.4 Å². The van der Waals surface area contributed by atoms with E-state index in [9.17, 15) is 15.2 Å². The van der Waals surface area contributed by atoms with Gasteiger partial charge in [-0.05, 0) is 6.07 Å². The van der Waals surface area contributed by atoms with Crippen LogP contribution >= 0.6 is 0 Å². The van der Waals surface area contributed by atoms with Gasteiger partial charge in [-0.1, -0.05) is 13.8 Å². The zero-order valence-corrected chi connectivity index (χ0v) is 9.91. The molecule has 0 saturated carbocycles. The molecule has 7 heteroatoms. The molecule has 7 nitrogen and oxygen atoms in total. The summed E-state index contributed by atoms with van der Waals surface area (Å²) < 4.78 is 0. The first-order valence-electron chi connectivity index (χ1n) is 5.39. The van der Waals surface area contributed by atoms with Gasteiger partial charge in [-0.3, -0.25) is 15.2 Å². The summed E-state index contributed by atoms with van der Waals surface area (Å²) in [6, 6.07) is 3.75. The molecule has 0 aliphatic rings. The predicted octanol–water partition coefficient (Wildman–Crippen LogP) is 2.21. The number of hydrogen-bond donors (Lipinski definition) is 2. The van der Waals surface area contributed by atoms with Crippen LogP contribution in [0, 0.1) is 10.1 Å². The van der Waals surface area contributed by atoms with Gasteiger partial charge in [0.15, 0.2) is 5.82 Å². The van der Waals surface area contributed by atoms with Crippen molar-refractivity contribution in [1.82, 2.24) is 15.2 Å². The molecule has 0 atom stereocenters. The van der Waals surface area contributed by atoms with E-state index in [2.05, 4.69) is 15.2 Å². The fourth-order valence-corrected chi connectivity index (χ4v) is 1.47. The molecule has 0 fully saturated rings. The normalized spacial score (nSPS) is 10.8. The van der Waals surface area contributed by atoms with E-state index in [1.165, 1.54) is 18.2 Å². The molecule has 1 aromatic carbocycles. The molecule has 18 heavy (non-hydrogen) atoms. The second kappa shape index (κ2) is 4.44. The number of non-ortho nitro benzene ring substituents is 1.